The Morgan fingerprint density at radius 2 is 1.83 bits per heavy atom. The van der Waals surface area contributed by atoms with E-state index in [0.29, 0.717) is 31.0 Å². The Kier molecular flexibility index (Phi) is 7.27. The molecule has 0 heterocycles. The van der Waals surface area contributed by atoms with Gasteiger partial charge >= 0.3 is 0 Å². The fourth-order valence-electron chi connectivity index (χ4n) is 2.35. The minimum atomic E-state index is -3.39. The van der Waals surface area contributed by atoms with Crippen LogP contribution in [0.5, 0.6) is 0 Å². The van der Waals surface area contributed by atoms with Crippen LogP contribution in [-0.4, -0.2) is 33.2 Å². The molecule has 0 saturated carbocycles. The molecular weight excluding hydrogens is 324 g/mol. The Morgan fingerprint density at radius 1 is 1.21 bits per heavy atom. The lowest BCUT2D eigenvalue weighted by Crippen LogP contribution is -2.37. The van der Waals surface area contributed by atoms with Crippen molar-refractivity contribution in [1.82, 2.24) is 5.32 Å². The van der Waals surface area contributed by atoms with Gasteiger partial charge in [-0.2, -0.15) is 0 Å². The molecule has 0 aliphatic rings. The maximum absolute atomic E-state index is 12.2. The molecule has 0 aliphatic heterocycles. The van der Waals surface area contributed by atoms with E-state index in [1.165, 1.54) is 10.6 Å². The van der Waals surface area contributed by atoms with E-state index in [1.54, 1.807) is 0 Å². The van der Waals surface area contributed by atoms with Gasteiger partial charge in [-0.25, -0.2) is 8.42 Å². The maximum Gasteiger partial charge on any atom is 0.232 e. The van der Waals surface area contributed by atoms with Gasteiger partial charge in [-0.1, -0.05) is 26.0 Å². The minimum absolute atomic E-state index is 0.0365. The quantitative estimate of drug-likeness (QED) is 0.780. The van der Waals surface area contributed by atoms with Gasteiger partial charge in [0.05, 0.1) is 11.9 Å². The molecule has 0 fully saturated rings. The fraction of sp³-hybridized carbons (Fsp3) is 0.611. The van der Waals surface area contributed by atoms with Gasteiger partial charge in [-0.15, -0.1) is 0 Å². The second-order valence-electron chi connectivity index (χ2n) is 6.76. The van der Waals surface area contributed by atoms with Crippen molar-refractivity contribution in [1.29, 1.82) is 0 Å². The highest BCUT2D eigenvalue weighted by Crippen LogP contribution is 2.25. The largest absolute Gasteiger partial charge is 0.353 e. The third-order valence-corrected chi connectivity index (χ3v) is 5.58. The molecule has 6 heteroatoms. The highest BCUT2D eigenvalue weighted by molar-refractivity contribution is 7.92. The van der Waals surface area contributed by atoms with Crippen LogP contribution in [0.3, 0.4) is 0 Å². The summed E-state index contributed by atoms with van der Waals surface area (Å²) >= 11 is 0. The average molecular weight is 355 g/mol. The normalized spacial score (nSPS) is 13.0. The summed E-state index contributed by atoms with van der Waals surface area (Å²) in [6.07, 6.45) is 2.00. The smallest absolute Gasteiger partial charge is 0.232 e. The summed E-state index contributed by atoms with van der Waals surface area (Å²) in [6.45, 7) is 10.3. The highest BCUT2D eigenvalue weighted by atomic mass is 32.2. The van der Waals surface area contributed by atoms with E-state index in [1.807, 2.05) is 39.0 Å². The average Bonchev–Trinajstić information content (AvgIpc) is 2.45. The van der Waals surface area contributed by atoms with Gasteiger partial charge in [0.2, 0.25) is 15.9 Å². The zero-order chi connectivity index (χ0) is 18.5. The molecule has 1 aromatic rings. The second kappa shape index (κ2) is 8.51. The number of sulfonamides is 1. The number of hydrogen-bond donors (Lipinski definition) is 1. The van der Waals surface area contributed by atoms with Crippen molar-refractivity contribution in [2.45, 2.75) is 53.5 Å². The molecule has 0 saturated heterocycles. The van der Waals surface area contributed by atoms with Crippen LogP contribution in [0.2, 0.25) is 0 Å². The first-order valence-electron chi connectivity index (χ1n) is 8.37. The molecule has 24 heavy (non-hydrogen) atoms. The van der Waals surface area contributed by atoms with E-state index >= 15 is 0 Å². The fourth-order valence-corrected chi connectivity index (χ4v) is 3.36. The van der Waals surface area contributed by atoms with E-state index < -0.39 is 10.0 Å². The van der Waals surface area contributed by atoms with Crippen molar-refractivity contribution in [2.75, 3.05) is 17.1 Å². The molecule has 1 N–H and O–H groups in total. The van der Waals surface area contributed by atoms with Crippen molar-refractivity contribution in [3.8, 4) is 0 Å². The van der Waals surface area contributed by atoms with E-state index in [0.717, 1.165) is 11.1 Å². The van der Waals surface area contributed by atoms with Crippen LogP contribution in [0.15, 0.2) is 18.2 Å². The molecule has 1 atom stereocenters. The number of carbonyl (C=O) groups is 1. The van der Waals surface area contributed by atoms with Crippen LogP contribution in [0.1, 0.15) is 44.7 Å². The molecule has 136 valence electrons. The molecule has 1 aromatic carbocycles. The van der Waals surface area contributed by atoms with Crippen molar-refractivity contribution in [3.63, 3.8) is 0 Å². The van der Waals surface area contributed by atoms with Crippen molar-refractivity contribution in [2.24, 2.45) is 5.92 Å². The predicted molar refractivity (Wildman–Crippen MR) is 99.8 cm³/mol. The Bertz CT molecular complexity index is 669. The third-order valence-electron chi connectivity index (χ3n) is 4.40. The summed E-state index contributed by atoms with van der Waals surface area (Å²) in [6, 6.07) is 5.74. The van der Waals surface area contributed by atoms with Crippen LogP contribution < -0.4 is 9.62 Å². The van der Waals surface area contributed by atoms with E-state index in [-0.39, 0.29) is 11.9 Å². The van der Waals surface area contributed by atoms with Crippen molar-refractivity contribution < 1.29 is 13.2 Å². The SMILES string of the molecule is Cc1cccc(N(CCCC(=O)N[C@@H](C)C(C)C)S(C)(=O)=O)c1C. The van der Waals surface area contributed by atoms with Crippen LogP contribution in [0, 0.1) is 19.8 Å². The lowest BCUT2D eigenvalue weighted by molar-refractivity contribution is -0.122. The van der Waals surface area contributed by atoms with Crippen molar-refractivity contribution >= 4 is 21.6 Å². The van der Waals surface area contributed by atoms with Gasteiger partial charge in [0.15, 0.2) is 0 Å². The first-order chi connectivity index (χ1) is 11.0. The number of rotatable bonds is 8. The lowest BCUT2D eigenvalue weighted by Gasteiger charge is -2.25. The monoisotopic (exact) mass is 354 g/mol. The van der Waals surface area contributed by atoms with Crippen LogP contribution in [0.25, 0.3) is 0 Å². The second-order valence-corrected chi connectivity index (χ2v) is 8.66. The molecule has 0 aromatic heterocycles. The number of aryl methyl sites for hydroxylation is 1. The predicted octanol–water partition coefficient (Wildman–Crippen LogP) is 3.01. The maximum atomic E-state index is 12.2. The van der Waals surface area contributed by atoms with Gasteiger partial charge in [-0.05, 0) is 50.3 Å². The molecule has 0 spiro atoms. The molecular formula is C18H30N2O3S. The Labute approximate surface area is 146 Å². The molecule has 1 rings (SSSR count). The van der Waals surface area contributed by atoms with Gasteiger partial charge in [0.1, 0.15) is 0 Å². The molecule has 0 aliphatic carbocycles. The number of nitrogens with one attached hydrogen (secondary N) is 1. The molecule has 0 radical (unpaired) electrons. The van der Waals surface area contributed by atoms with Gasteiger partial charge < -0.3 is 5.32 Å². The van der Waals surface area contributed by atoms with Crippen molar-refractivity contribution in [3.05, 3.63) is 29.3 Å². The number of nitrogens with zero attached hydrogens (tertiary/aromatic N) is 1. The summed E-state index contributed by atoms with van der Waals surface area (Å²) < 4.78 is 25.7. The Balaban J connectivity index is 2.77. The molecule has 5 nitrogen and oxygen atoms in total. The first-order valence-corrected chi connectivity index (χ1v) is 10.2. The Morgan fingerprint density at radius 3 is 2.38 bits per heavy atom. The van der Waals surface area contributed by atoms with Gasteiger partial charge in [0.25, 0.3) is 0 Å². The highest BCUT2D eigenvalue weighted by Gasteiger charge is 2.20. The standard InChI is InChI=1S/C18H30N2O3S/c1-13(2)16(5)19-18(21)11-8-12-20(24(6,22)23)17-10-7-9-14(3)15(17)4/h7,9-10,13,16H,8,11-12H2,1-6H3,(H,19,21)/t16-/m0/s1. The number of amides is 1. The van der Waals surface area contributed by atoms with Gasteiger partial charge in [0, 0.05) is 19.0 Å². The number of benzene rings is 1. The van der Waals surface area contributed by atoms with E-state index in [2.05, 4.69) is 19.2 Å². The number of hydrogen-bond acceptors (Lipinski definition) is 3. The molecule has 0 bridgehead atoms. The zero-order valence-corrected chi connectivity index (χ0v) is 16.4. The summed E-state index contributed by atoms with van der Waals surface area (Å²) in [7, 11) is -3.39. The van der Waals surface area contributed by atoms with Crippen LogP contribution in [0.4, 0.5) is 5.69 Å². The number of anilines is 1. The van der Waals surface area contributed by atoms with Crippen LogP contribution in [-0.2, 0) is 14.8 Å². The summed E-state index contributed by atoms with van der Waals surface area (Å²) in [5, 5.41) is 2.95. The summed E-state index contributed by atoms with van der Waals surface area (Å²) in [5.41, 5.74) is 2.68. The Hall–Kier alpha value is -1.56. The van der Waals surface area contributed by atoms with Gasteiger partial charge in [-0.3, -0.25) is 9.10 Å². The van der Waals surface area contributed by atoms with E-state index in [4.69, 9.17) is 0 Å². The van der Waals surface area contributed by atoms with Crippen LogP contribution >= 0.6 is 0 Å². The van der Waals surface area contributed by atoms with E-state index in [9.17, 15) is 13.2 Å². The summed E-state index contributed by atoms with van der Waals surface area (Å²) in [5.74, 6) is 0.335. The zero-order valence-electron chi connectivity index (χ0n) is 15.6. The topological polar surface area (TPSA) is 66.5 Å². The molecule has 0 unspecified atom stereocenters. The number of carbonyl (C=O) groups excluding carboxylic acids is 1. The third kappa shape index (κ3) is 5.82. The summed E-state index contributed by atoms with van der Waals surface area (Å²) in [4.78, 5) is 12.0. The first kappa shape index (κ1) is 20.5. The lowest BCUT2D eigenvalue weighted by atomic mass is 10.1. The molecule has 1 amide bonds. The minimum Gasteiger partial charge on any atom is -0.353 e.